The molecule has 1 fully saturated rings. The number of aromatic nitrogens is 3. The van der Waals surface area contributed by atoms with Crippen molar-refractivity contribution in [3.63, 3.8) is 0 Å². The highest BCUT2D eigenvalue weighted by Crippen LogP contribution is 2.33. The van der Waals surface area contributed by atoms with Gasteiger partial charge in [-0.25, -0.2) is 9.50 Å². The number of imidazole rings is 1. The zero-order valence-electron chi connectivity index (χ0n) is 12.3. The summed E-state index contributed by atoms with van der Waals surface area (Å²) in [6, 6.07) is 0.542. The minimum Gasteiger partial charge on any atom is -0.395 e. The van der Waals surface area contributed by atoms with E-state index in [1.54, 1.807) is 11.3 Å². The van der Waals surface area contributed by atoms with E-state index in [-0.39, 0.29) is 12.0 Å². The number of aliphatic hydroxyl groups is 1. The molecule has 0 atom stereocenters. The van der Waals surface area contributed by atoms with Crippen molar-refractivity contribution in [2.24, 2.45) is 0 Å². The van der Waals surface area contributed by atoms with Crippen molar-refractivity contribution in [1.82, 2.24) is 14.6 Å². The Bertz CT molecular complexity index is 562. The van der Waals surface area contributed by atoms with Crippen LogP contribution >= 0.6 is 11.3 Å². The molecule has 0 aromatic carbocycles. The Morgan fingerprint density at radius 3 is 2.70 bits per heavy atom. The van der Waals surface area contributed by atoms with E-state index in [9.17, 15) is 5.11 Å². The van der Waals surface area contributed by atoms with Crippen molar-refractivity contribution < 1.29 is 5.11 Å². The minimum atomic E-state index is 0.0480. The van der Waals surface area contributed by atoms with Crippen molar-refractivity contribution >= 4 is 21.4 Å². The van der Waals surface area contributed by atoms with Gasteiger partial charge in [-0.2, -0.15) is 0 Å². The van der Waals surface area contributed by atoms with Gasteiger partial charge in [0.2, 0.25) is 10.1 Å². The lowest BCUT2D eigenvalue weighted by Gasteiger charge is -2.36. The first-order valence-corrected chi connectivity index (χ1v) is 8.05. The van der Waals surface area contributed by atoms with Crippen LogP contribution in [-0.2, 0) is 5.41 Å². The molecule has 20 heavy (non-hydrogen) atoms. The van der Waals surface area contributed by atoms with Crippen LogP contribution in [0.1, 0.15) is 45.7 Å². The van der Waals surface area contributed by atoms with Crippen molar-refractivity contribution in [1.29, 1.82) is 0 Å². The van der Waals surface area contributed by atoms with E-state index >= 15 is 0 Å². The SMILES string of the molecule is CC(C)(C)c1cn2nc(N(CCO)C3CCC3)sc2n1. The average molecular weight is 294 g/mol. The lowest BCUT2D eigenvalue weighted by Crippen LogP contribution is -2.42. The molecule has 1 aliphatic rings. The third kappa shape index (κ3) is 2.42. The highest BCUT2D eigenvalue weighted by molar-refractivity contribution is 7.20. The Hall–Kier alpha value is -1.14. The number of nitrogens with zero attached hydrogens (tertiary/aromatic N) is 4. The first-order valence-electron chi connectivity index (χ1n) is 7.23. The summed E-state index contributed by atoms with van der Waals surface area (Å²) in [6.45, 7) is 7.31. The van der Waals surface area contributed by atoms with E-state index in [0.29, 0.717) is 12.6 Å². The van der Waals surface area contributed by atoms with E-state index < -0.39 is 0 Å². The topological polar surface area (TPSA) is 53.7 Å². The van der Waals surface area contributed by atoms with Crippen LogP contribution in [0.3, 0.4) is 0 Å². The molecule has 0 saturated heterocycles. The second-order valence-corrected chi connectivity index (χ2v) is 7.42. The molecule has 1 aliphatic carbocycles. The summed E-state index contributed by atoms with van der Waals surface area (Å²) in [5, 5.41) is 14.9. The van der Waals surface area contributed by atoms with Gasteiger partial charge in [-0.15, -0.1) is 5.10 Å². The molecular weight excluding hydrogens is 272 g/mol. The van der Waals surface area contributed by atoms with Gasteiger partial charge < -0.3 is 10.0 Å². The third-order valence-electron chi connectivity index (χ3n) is 3.90. The van der Waals surface area contributed by atoms with Gasteiger partial charge in [-0.05, 0) is 19.3 Å². The Morgan fingerprint density at radius 1 is 1.45 bits per heavy atom. The molecule has 110 valence electrons. The molecule has 1 saturated carbocycles. The zero-order chi connectivity index (χ0) is 14.3. The second-order valence-electron chi connectivity index (χ2n) is 6.49. The highest BCUT2D eigenvalue weighted by Gasteiger charge is 2.28. The summed E-state index contributed by atoms with van der Waals surface area (Å²) in [5.74, 6) is 0. The molecule has 6 heteroatoms. The van der Waals surface area contributed by atoms with Crippen LogP contribution in [0.5, 0.6) is 0 Å². The van der Waals surface area contributed by atoms with E-state index in [1.165, 1.54) is 19.3 Å². The molecule has 1 N–H and O–H groups in total. The maximum absolute atomic E-state index is 9.26. The maximum atomic E-state index is 9.26. The highest BCUT2D eigenvalue weighted by atomic mass is 32.1. The fourth-order valence-electron chi connectivity index (χ4n) is 2.41. The number of aliphatic hydroxyl groups excluding tert-OH is 1. The average Bonchev–Trinajstić information content (AvgIpc) is 2.81. The van der Waals surface area contributed by atoms with Gasteiger partial charge >= 0.3 is 0 Å². The van der Waals surface area contributed by atoms with Crippen LogP contribution < -0.4 is 4.90 Å². The number of hydrogen-bond acceptors (Lipinski definition) is 5. The summed E-state index contributed by atoms with van der Waals surface area (Å²) in [7, 11) is 0. The summed E-state index contributed by atoms with van der Waals surface area (Å²) in [4.78, 5) is 7.85. The normalized spacial score (nSPS) is 16.6. The molecule has 2 aromatic rings. The predicted octanol–water partition coefficient (Wildman–Crippen LogP) is 2.44. The van der Waals surface area contributed by atoms with E-state index in [2.05, 4.69) is 35.8 Å². The minimum absolute atomic E-state index is 0.0480. The first kappa shape index (κ1) is 13.8. The zero-order valence-corrected chi connectivity index (χ0v) is 13.2. The van der Waals surface area contributed by atoms with E-state index in [4.69, 9.17) is 0 Å². The van der Waals surface area contributed by atoms with Gasteiger partial charge in [-0.1, -0.05) is 32.1 Å². The summed E-state index contributed by atoms with van der Waals surface area (Å²) < 4.78 is 1.88. The number of anilines is 1. The van der Waals surface area contributed by atoms with Gasteiger partial charge in [0, 0.05) is 18.0 Å². The smallest absolute Gasteiger partial charge is 0.214 e. The van der Waals surface area contributed by atoms with E-state index in [1.807, 2.05) is 10.7 Å². The monoisotopic (exact) mass is 294 g/mol. The van der Waals surface area contributed by atoms with Crippen molar-refractivity contribution in [2.75, 3.05) is 18.1 Å². The summed E-state index contributed by atoms with van der Waals surface area (Å²) in [5.41, 5.74) is 1.12. The Labute approximate surface area is 123 Å². The van der Waals surface area contributed by atoms with Crippen molar-refractivity contribution in [2.45, 2.75) is 51.5 Å². The van der Waals surface area contributed by atoms with Gasteiger partial charge in [0.1, 0.15) is 0 Å². The Balaban J connectivity index is 1.89. The first-order chi connectivity index (χ1) is 9.49. The summed E-state index contributed by atoms with van der Waals surface area (Å²) >= 11 is 1.62. The lowest BCUT2D eigenvalue weighted by molar-refractivity contribution is 0.283. The molecule has 0 spiro atoms. The molecule has 2 aromatic heterocycles. The Morgan fingerprint density at radius 2 is 2.20 bits per heavy atom. The van der Waals surface area contributed by atoms with Crippen LogP contribution in [0.4, 0.5) is 5.13 Å². The molecule has 0 radical (unpaired) electrons. The molecule has 0 bridgehead atoms. The van der Waals surface area contributed by atoms with Crippen LogP contribution in [0, 0.1) is 0 Å². The van der Waals surface area contributed by atoms with Gasteiger partial charge in [0.15, 0.2) is 0 Å². The molecule has 5 nitrogen and oxygen atoms in total. The van der Waals surface area contributed by atoms with Crippen molar-refractivity contribution in [3.05, 3.63) is 11.9 Å². The quantitative estimate of drug-likeness (QED) is 0.941. The number of rotatable bonds is 4. The van der Waals surface area contributed by atoms with Crippen LogP contribution in [0.25, 0.3) is 4.96 Å². The molecule has 0 aliphatic heterocycles. The largest absolute Gasteiger partial charge is 0.395 e. The molecular formula is C14H22N4OS. The molecule has 0 amide bonds. The van der Waals surface area contributed by atoms with Gasteiger partial charge in [0.25, 0.3) is 0 Å². The van der Waals surface area contributed by atoms with Gasteiger partial charge in [0.05, 0.1) is 18.5 Å². The van der Waals surface area contributed by atoms with Crippen LogP contribution in [-0.4, -0.2) is 38.9 Å². The third-order valence-corrected chi connectivity index (χ3v) is 4.86. The van der Waals surface area contributed by atoms with E-state index in [0.717, 1.165) is 15.8 Å². The van der Waals surface area contributed by atoms with Crippen LogP contribution in [0.15, 0.2) is 6.20 Å². The standard InChI is InChI=1S/C14H22N4OS/c1-14(2,3)11-9-18-12(15-11)20-13(16-18)17(7-8-19)10-5-4-6-10/h9-10,19H,4-8H2,1-3H3. The summed E-state index contributed by atoms with van der Waals surface area (Å²) in [6.07, 6.45) is 5.71. The Kier molecular flexibility index (Phi) is 3.46. The molecule has 3 rings (SSSR count). The molecule has 2 heterocycles. The maximum Gasteiger partial charge on any atom is 0.214 e. The van der Waals surface area contributed by atoms with Gasteiger partial charge in [-0.3, -0.25) is 0 Å². The van der Waals surface area contributed by atoms with Crippen molar-refractivity contribution in [3.8, 4) is 0 Å². The van der Waals surface area contributed by atoms with Crippen LogP contribution in [0.2, 0.25) is 0 Å². The predicted molar refractivity (Wildman–Crippen MR) is 81.6 cm³/mol. The second kappa shape index (κ2) is 5.00. The fraction of sp³-hybridized carbons (Fsp3) is 0.714. The lowest BCUT2D eigenvalue weighted by atomic mass is 9.92. The number of fused-ring (bicyclic) bond motifs is 1. The fourth-order valence-corrected chi connectivity index (χ4v) is 3.39. The molecule has 0 unspecified atom stereocenters. The number of hydrogen-bond donors (Lipinski definition) is 1.